The third-order valence-corrected chi connectivity index (χ3v) is 3.73. The molecule has 2 aromatic rings. The molecule has 2 rings (SSSR count). The first kappa shape index (κ1) is 16.9. The van der Waals surface area contributed by atoms with Gasteiger partial charge >= 0.3 is 5.97 Å². The van der Waals surface area contributed by atoms with Crippen LogP contribution in [0.15, 0.2) is 30.3 Å². The maximum absolute atomic E-state index is 12.1. The van der Waals surface area contributed by atoms with E-state index in [2.05, 4.69) is 0 Å². The monoisotopic (exact) mass is 314 g/mol. The van der Waals surface area contributed by atoms with E-state index in [-0.39, 0.29) is 5.97 Å². The quantitative estimate of drug-likeness (QED) is 0.777. The predicted molar refractivity (Wildman–Crippen MR) is 90.4 cm³/mol. The zero-order chi connectivity index (χ0) is 17.0. The van der Waals surface area contributed by atoms with Crippen molar-refractivity contribution in [3.8, 4) is 22.6 Å². The highest BCUT2D eigenvalue weighted by atomic mass is 16.5. The topological polar surface area (TPSA) is 44.8 Å². The number of carbonyl (C=O) groups excluding carboxylic acids is 1. The van der Waals surface area contributed by atoms with E-state index in [4.69, 9.17) is 14.2 Å². The van der Waals surface area contributed by atoms with Crippen LogP contribution in [-0.2, 0) is 4.74 Å². The van der Waals surface area contributed by atoms with Crippen LogP contribution >= 0.6 is 0 Å². The number of esters is 1. The molecule has 0 unspecified atom stereocenters. The lowest BCUT2D eigenvalue weighted by Gasteiger charge is -2.13. The molecule has 0 radical (unpaired) electrons. The van der Waals surface area contributed by atoms with Crippen LogP contribution in [0, 0.1) is 13.8 Å². The van der Waals surface area contributed by atoms with Crippen LogP contribution in [0.1, 0.15) is 28.4 Å². The van der Waals surface area contributed by atoms with Gasteiger partial charge in [0.15, 0.2) is 11.5 Å². The average molecular weight is 314 g/mol. The van der Waals surface area contributed by atoms with Crippen molar-refractivity contribution in [2.75, 3.05) is 20.8 Å². The largest absolute Gasteiger partial charge is 0.493 e. The summed E-state index contributed by atoms with van der Waals surface area (Å²) in [7, 11) is 3.22. The van der Waals surface area contributed by atoms with Crippen molar-refractivity contribution in [1.82, 2.24) is 0 Å². The fraction of sp³-hybridized carbons (Fsp3) is 0.316. The molecule has 0 heterocycles. The molecule has 0 aromatic heterocycles. The fourth-order valence-corrected chi connectivity index (χ4v) is 2.67. The molecule has 0 saturated carbocycles. The smallest absolute Gasteiger partial charge is 0.338 e. The second-order valence-electron chi connectivity index (χ2n) is 5.28. The van der Waals surface area contributed by atoms with Gasteiger partial charge in [-0.15, -0.1) is 0 Å². The first-order valence-corrected chi connectivity index (χ1v) is 7.52. The summed E-state index contributed by atoms with van der Waals surface area (Å²) in [6.07, 6.45) is 0. The normalized spacial score (nSPS) is 10.3. The molecular weight excluding hydrogens is 292 g/mol. The third kappa shape index (κ3) is 3.47. The Labute approximate surface area is 137 Å². The minimum absolute atomic E-state index is 0.277. The summed E-state index contributed by atoms with van der Waals surface area (Å²) < 4.78 is 15.7. The highest BCUT2D eigenvalue weighted by Crippen LogP contribution is 2.33. The van der Waals surface area contributed by atoms with E-state index in [9.17, 15) is 4.79 Å². The summed E-state index contributed by atoms with van der Waals surface area (Å²) in [6.45, 7) is 6.02. The van der Waals surface area contributed by atoms with Crippen molar-refractivity contribution in [2.45, 2.75) is 20.8 Å². The van der Waals surface area contributed by atoms with Gasteiger partial charge in [0.05, 0.1) is 26.4 Å². The Balaban J connectivity index is 2.48. The van der Waals surface area contributed by atoms with Gasteiger partial charge in [-0.25, -0.2) is 4.79 Å². The predicted octanol–water partition coefficient (Wildman–Crippen LogP) is 4.16. The Kier molecular flexibility index (Phi) is 5.27. The van der Waals surface area contributed by atoms with Gasteiger partial charge in [0, 0.05) is 0 Å². The van der Waals surface area contributed by atoms with Crippen molar-refractivity contribution in [3.63, 3.8) is 0 Å². The van der Waals surface area contributed by atoms with E-state index in [0.717, 1.165) is 22.3 Å². The molecule has 0 amide bonds. The van der Waals surface area contributed by atoms with Gasteiger partial charge in [0.1, 0.15) is 0 Å². The Morgan fingerprint density at radius 1 is 0.913 bits per heavy atom. The lowest BCUT2D eigenvalue weighted by atomic mass is 9.95. The molecule has 4 nitrogen and oxygen atoms in total. The molecule has 2 aromatic carbocycles. The van der Waals surface area contributed by atoms with Crippen LogP contribution in [-0.4, -0.2) is 26.8 Å². The number of ether oxygens (including phenoxy) is 3. The molecule has 0 aliphatic carbocycles. The van der Waals surface area contributed by atoms with E-state index in [1.807, 2.05) is 44.2 Å². The molecule has 0 N–H and O–H groups in total. The maximum atomic E-state index is 12.1. The summed E-state index contributed by atoms with van der Waals surface area (Å²) in [5.41, 5.74) is 4.45. The van der Waals surface area contributed by atoms with E-state index in [0.29, 0.717) is 23.7 Å². The first-order valence-electron chi connectivity index (χ1n) is 7.52. The van der Waals surface area contributed by atoms with Crippen molar-refractivity contribution in [1.29, 1.82) is 0 Å². The van der Waals surface area contributed by atoms with Crippen molar-refractivity contribution >= 4 is 5.97 Å². The van der Waals surface area contributed by atoms with Crippen molar-refractivity contribution in [2.24, 2.45) is 0 Å². The van der Waals surface area contributed by atoms with Gasteiger partial charge in [-0.05, 0) is 55.2 Å². The number of rotatable bonds is 5. The molecule has 0 spiro atoms. The van der Waals surface area contributed by atoms with Crippen LogP contribution in [0.25, 0.3) is 11.1 Å². The molecular formula is C19H22O4. The Morgan fingerprint density at radius 2 is 1.52 bits per heavy atom. The highest BCUT2D eigenvalue weighted by Gasteiger charge is 2.15. The number of methoxy groups -OCH3 is 2. The van der Waals surface area contributed by atoms with Gasteiger partial charge in [-0.1, -0.05) is 18.2 Å². The van der Waals surface area contributed by atoms with Crippen LogP contribution < -0.4 is 9.47 Å². The van der Waals surface area contributed by atoms with Gasteiger partial charge in [-0.3, -0.25) is 0 Å². The second-order valence-corrected chi connectivity index (χ2v) is 5.28. The number of benzene rings is 2. The van der Waals surface area contributed by atoms with Gasteiger partial charge in [0.2, 0.25) is 0 Å². The average Bonchev–Trinajstić information content (AvgIpc) is 2.53. The third-order valence-electron chi connectivity index (χ3n) is 3.73. The second kappa shape index (κ2) is 7.18. The molecule has 0 aliphatic heterocycles. The first-order chi connectivity index (χ1) is 11.0. The van der Waals surface area contributed by atoms with Crippen molar-refractivity contribution < 1.29 is 19.0 Å². The number of carbonyl (C=O) groups is 1. The number of aryl methyl sites for hydroxylation is 2. The molecule has 4 heteroatoms. The Hall–Kier alpha value is -2.49. The molecule has 0 bridgehead atoms. The minimum Gasteiger partial charge on any atom is -0.493 e. The number of hydrogen-bond donors (Lipinski definition) is 0. The zero-order valence-corrected chi connectivity index (χ0v) is 14.2. The van der Waals surface area contributed by atoms with Crippen LogP contribution in [0.3, 0.4) is 0 Å². The molecule has 0 fully saturated rings. The Bertz CT molecular complexity index is 696. The van der Waals surface area contributed by atoms with Crippen LogP contribution in [0.2, 0.25) is 0 Å². The van der Waals surface area contributed by atoms with Crippen LogP contribution in [0.5, 0.6) is 11.5 Å². The van der Waals surface area contributed by atoms with Crippen LogP contribution in [0.4, 0.5) is 0 Å². The van der Waals surface area contributed by atoms with E-state index < -0.39 is 0 Å². The molecule has 23 heavy (non-hydrogen) atoms. The summed E-state index contributed by atoms with van der Waals surface area (Å²) in [4.78, 5) is 12.1. The summed E-state index contributed by atoms with van der Waals surface area (Å²) in [5, 5.41) is 0. The van der Waals surface area contributed by atoms with E-state index in [1.165, 1.54) is 0 Å². The molecule has 0 saturated heterocycles. The maximum Gasteiger partial charge on any atom is 0.338 e. The standard InChI is InChI=1S/C19H22O4/c1-6-23-19(20)18-12(2)9-15(10-13(18)3)14-7-8-16(21-4)17(11-14)22-5/h7-11H,6H2,1-5H3. The lowest BCUT2D eigenvalue weighted by molar-refractivity contribution is 0.0524. The number of hydrogen-bond acceptors (Lipinski definition) is 4. The minimum atomic E-state index is -0.277. The molecule has 122 valence electrons. The summed E-state index contributed by atoms with van der Waals surface area (Å²) in [5.74, 6) is 1.09. The van der Waals surface area contributed by atoms with E-state index >= 15 is 0 Å². The molecule has 0 aliphatic rings. The van der Waals surface area contributed by atoms with E-state index in [1.54, 1.807) is 21.1 Å². The summed E-state index contributed by atoms with van der Waals surface area (Å²) >= 11 is 0. The lowest BCUT2D eigenvalue weighted by Crippen LogP contribution is -2.09. The molecule has 0 atom stereocenters. The zero-order valence-electron chi connectivity index (χ0n) is 14.2. The van der Waals surface area contributed by atoms with Gasteiger partial charge in [0.25, 0.3) is 0 Å². The summed E-state index contributed by atoms with van der Waals surface area (Å²) in [6, 6.07) is 9.75. The Morgan fingerprint density at radius 3 is 2.04 bits per heavy atom. The van der Waals surface area contributed by atoms with Gasteiger partial charge in [-0.2, -0.15) is 0 Å². The SMILES string of the molecule is CCOC(=O)c1c(C)cc(-c2ccc(OC)c(OC)c2)cc1C. The van der Waals surface area contributed by atoms with Gasteiger partial charge < -0.3 is 14.2 Å². The highest BCUT2D eigenvalue weighted by molar-refractivity contribution is 5.93. The fourth-order valence-electron chi connectivity index (χ4n) is 2.67. The van der Waals surface area contributed by atoms with Crippen molar-refractivity contribution in [3.05, 3.63) is 47.0 Å².